The maximum absolute atomic E-state index is 12.4. The second kappa shape index (κ2) is 6.95. The zero-order chi connectivity index (χ0) is 15.3. The molecule has 0 aliphatic rings. The Hall–Kier alpha value is -1.27. The molecule has 0 spiro atoms. The van der Waals surface area contributed by atoms with Gasteiger partial charge in [0.15, 0.2) is 0 Å². The number of nitrogens with two attached hydrogens (primary N) is 1. The molecule has 114 valence electrons. The van der Waals surface area contributed by atoms with E-state index >= 15 is 0 Å². The molecule has 0 unspecified atom stereocenters. The molecule has 0 aliphatic carbocycles. The monoisotopic (exact) mass is 299 g/mol. The van der Waals surface area contributed by atoms with Crippen LogP contribution < -0.4 is 10.5 Å². The number of rotatable bonds is 7. The molecule has 0 bridgehead atoms. The van der Waals surface area contributed by atoms with Crippen LogP contribution in [0.4, 0.5) is 11.4 Å². The van der Waals surface area contributed by atoms with Gasteiger partial charge >= 0.3 is 10.2 Å². The van der Waals surface area contributed by atoms with Crippen molar-refractivity contribution >= 4 is 21.6 Å². The normalized spacial score (nSPS) is 11.8. The van der Waals surface area contributed by atoms with Gasteiger partial charge in [-0.1, -0.05) is 19.9 Å². The number of anilines is 2. The largest absolute Gasteiger partial charge is 0.398 e. The first-order valence-electron chi connectivity index (χ1n) is 6.97. The number of nitrogens with one attached hydrogen (secondary N) is 1. The SMILES string of the molecule is CCCN(CCC)S(=O)(=O)Nc1ccc(C)c(N)c1C. The molecule has 0 radical (unpaired) electrons. The molecule has 5 nitrogen and oxygen atoms in total. The van der Waals surface area contributed by atoms with E-state index in [0.717, 1.165) is 24.0 Å². The van der Waals surface area contributed by atoms with Crippen LogP contribution in [0.25, 0.3) is 0 Å². The summed E-state index contributed by atoms with van der Waals surface area (Å²) in [6, 6.07) is 3.58. The molecule has 3 N–H and O–H groups in total. The number of nitrogens with zero attached hydrogens (tertiary/aromatic N) is 1. The quantitative estimate of drug-likeness (QED) is 0.760. The smallest absolute Gasteiger partial charge is 0.301 e. The molecule has 0 aromatic heterocycles. The van der Waals surface area contributed by atoms with Crippen LogP contribution >= 0.6 is 0 Å². The summed E-state index contributed by atoms with van der Waals surface area (Å²) in [6.45, 7) is 8.69. The number of aryl methyl sites for hydroxylation is 1. The van der Waals surface area contributed by atoms with Gasteiger partial charge in [0.2, 0.25) is 0 Å². The zero-order valence-corrected chi connectivity index (χ0v) is 13.5. The van der Waals surface area contributed by atoms with E-state index in [0.29, 0.717) is 24.5 Å². The van der Waals surface area contributed by atoms with Crippen molar-refractivity contribution in [1.29, 1.82) is 0 Å². The zero-order valence-electron chi connectivity index (χ0n) is 12.7. The highest BCUT2D eigenvalue weighted by Crippen LogP contribution is 2.25. The lowest BCUT2D eigenvalue weighted by Gasteiger charge is -2.23. The number of hydrogen-bond donors (Lipinski definition) is 2. The molecule has 0 atom stereocenters. The fraction of sp³-hybridized carbons (Fsp3) is 0.571. The van der Waals surface area contributed by atoms with Crippen LogP contribution in [-0.4, -0.2) is 25.8 Å². The van der Waals surface area contributed by atoms with E-state index in [1.54, 1.807) is 6.07 Å². The summed E-state index contributed by atoms with van der Waals surface area (Å²) in [5.74, 6) is 0. The van der Waals surface area contributed by atoms with Crippen molar-refractivity contribution in [3.8, 4) is 0 Å². The molecule has 1 aromatic carbocycles. The third-order valence-electron chi connectivity index (χ3n) is 3.26. The van der Waals surface area contributed by atoms with E-state index in [1.165, 1.54) is 4.31 Å². The van der Waals surface area contributed by atoms with Crippen molar-refractivity contribution in [1.82, 2.24) is 4.31 Å². The predicted molar refractivity (Wildman–Crippen MR) is 85.0 cm³/mol. The Morgan fingerprint density at radius 2 is 1.70 bits per heavy atom. The van der Waals surface area contributed by atoms with Gasteiger partial charge in [0.1, 0.15) is 0 Å². The molecule has 0 heterocycles. The Bertz CT molecular complexity index is 550. The van der Waals surface area contributed by atoms with Crippen molar-refractivity contribution < 1.29 is 8.42 Å². The maximum atomic E-state index is 12.4. The fourth-order valence-corrected chi connectivity index (χ4v) is 3.50. The van der Waals surface area contributed by atoms with Gasteiger partial charge in [-0.2, -0.15) is 12.7 Å². The topological polar surface area (TPSA) is 75.4 Å². The second-order valence-electron chi connectivity index (χ2n) is 4.97. The Labute approximate surface area is 122 Å². The van der Waals surface area contributed by atoms with Gasteiger partial charge in [0.05, 0.1) is 5.69 Å². The molecule has 20 heavy (non-hydrogen) atoms. The Morgan fingerprint density at radius 1 is 1.15 bits per heavy atom. The molecule has 1 aromatic rings. The molecule has 0 saturated heterocycles. The van der Waals surface area contributed by atoms with Gasteiger partial charge in [-0.3, -0.25) is 4.72 Å². The average molecular weight is 299 g/mol. The van der Waals surface area contributed by atoms with Crippen LogP contribution in [0.5, 0.6) is 0 Å². The van der Waals surface area contributed by atoms with Crippen LogP contribution in [0, 0.1) is 13.8 Å². The summed E-state index contributed by atoms with van der Waals surface area (Å²) in [4.78, 5) is 0. The summed E-state index contributed by atoms with van der Waals surface area (Å²) >= 11 is 0. The van der Waals surface area contributed by atoms with Crippen LogP contribution in [0.2, 0.25) is 0 Å². The molecule has 0 amide bonds. The van der Waals surface area contributed by atoms with Gasteiger partial charge < -0.3 is 5.73 Å². The van der Waals surface area contributed by atoms with Crippen LogP contribution in [0.15, 0.2) is 12.1 Å². The van der Waals surface area contributed by atoms with Crippen LogP contribution in [0.3, 0.4) is 0 Å². The van der Waals surface area contributed by atoms with E-state index < -0.39 is 10.2 Å². The van der Waals surface area contributed by atoms with E-state index in [4.69, 9.17) is 5.73 Å². The lowest BCUT2D eigenvalue weighted by atomic mass is 10.1. The van der Waals surface area contributed by atoms with E-state index in [2.05, 4.69) is 4.72 Å². The second-order valence-corrected chi connectivity index (χ2v) is 6.65. The van der Waals surface area contributed by atoms with Gasteiger partial charge in [-0.25, -0.2) is 0 Å². The van der Waals surface area contributed by atoms with Crippen LogP contribution in [0.1, 0.15) is 37.8 Å². The summed E-state index contributed by atoms with van der Waals surface area (Å²) in [6.07, 6.45) is 1.58. The third-order valence-corrected chi connectivity index (χ3v) is 4.78. The fourth-order valence-electron chi connectivity index (χ4n) is 2.03. The first-order valence-corrected chi connectivity index (χ1v) is 8.41. The Morgan fingerprint density at radius 3 is 2.20 bits per heavy atom. The molecular formula is C14H25N3O2S. The van der Waals surface area contributed by atoms with Crippen molar-refractivity contribution in [2.45, 2.75) is 40.5 Å². The third kappa shape index (κ3) is 3.86. The number of nitrogen functional groups attached to an aromatic ring is 1. The molecule has 1 rings (SSSR count). The predicted octanol–water partition coefficient (Wildman–Crippen LogP) is 2.66. The minimum absolute atomic E-state index is 0.517. The Kier molecular flexibility index (Phi) is 5.83. The van der Waals surface area contributed by atoms with E-state index in [9.17, 15) is 8.42 Å². The van der Waals surface area contributed by atoms with Gasteiger partial charge in [-0.15, -0.1) is 0 Å². The molecule has 0 aliphatic heterocycles. The highest BCUT2D eigenvalue weighted by molar-refractivity contribution is 7.90. The summed E-state index contributed by atoms with van der Waals surface area (Å²) in [7, 11) is -3.52. The molecule has 0 fully saturated rings. The maximum Gasteiger partial charge on any atom is 0.301 e. The molecular weight excluding hydrogens is 274 g/mol. The first kappa shape index (κ1) is 16.8. The van der Waals surface area contributed by atoms with E-state index in [-0.39, 0.29) is 0 Å². The van der Waals surface area contributed by atoms with Gasteiger partial charge in [-0.05, 0) is 43.9 Å². The minimum Gasteiger partial charge on any atom is -0.398 e. The highest BCUT2D eigenvalue weighted by atomic mass is 32.2. The summed E-state index contributed by atoms with van der Waals surface area (Å²) in [5.41, 5.74) is 8.83. The number of hydrogen-bond acceptors (Lipinski definition) is 3. The first-order chi connectivity index (χ1) is 9.33. The lowest BCUT2D eigenvalue weighted by molar-refractivity contribution is 0.413. The minimum atomic E-state index is -3.52. The van der Waals surface area contributed by atoms with Crippen molar-refractivity contribution in [2.75, 3.05) is 23.5 Å². The van der Waals surface area contributed by atoms with Crippen molar-refractivity contribution in [3.63, 3.8) is 0 Å². The average Bonchev–Trinajstić information content (AvgIpc) is 2.39. The lowest BCUT2D eigenvalue weighted by Crippen LogP contribution is -2.37. The standard InChI is InChI=1S/C14H25N3O2S/c1-5-9-17(10-6-2)20(18,19)16-13-8-7-11(3)14(15)12(13)4/h7-8,16H,5-6,9-10,15H2,1-4H3. The summed E-state index contributed by atoms with van der Waals surface area (Å²) < 4.78 is 28.9. The molecule has 6 heteroatoms. The van der Waals surface area contributed by atoms with E-state index in [1.807, 2.05) is 33.8 Å². The van der Waals surface area contributed by atoms with Crippen molar-refractivity contribution in [3.05, 3.63) is 23.3 Å². The van der Waals surface area contributed by atoms with Crippen LogP contribution in [-0.2, 0) is 10.2 Å². The number of benzene rings is 1. The summed E-state index contributed by atoms with van der Waals surface area (Å²) in [5, 5.41) is 0. The highest BCUT2D eigenvalue weighted by Gasteiger charge is 2.21. The van der Waals surface area contributed by atoms with Crippen molar-refractivity contribution in [2.24, 2.45) is 0 Å². The molecule has 0 saturated carbocycles. The van der Waals surface area contributed by atoms with Gasteiger partial charge in [0.25, 0.3) is 0 Å². The van der Waals surface area contributed by atoms with Gasteiger partial charge in [0, 0.05) is 18.8 Å². The Balaban J connectivity index is 3.04.